The summed E-state index contributed by atoms with van der Waals surface area (Å²) in [7, 11) is 0. The van der Waals surface area contributed by atoms with Crippen LogP contribution in [0.4, 0.5) is 5.69 Å². The third-order valence-corrected chi connectivity index (χ3v) is 5.85. The Labute approximate surface area is 177 Å². The number of hydrogen-bond acceptors (Lipinski definition) is 3. The van der Waals surface area contributed by atoms with Crippen molar-refractivity contribution in [2.45, 2.75) is 39.0 Å². The van der Waals surface area contributed by atoms with E-state index in [2.05, 4.69) is 36.2 Å². The number of nitrogens with zero attached hydrogens (tertiary/aromatic N) is 2. The van der Waals surface area contributed by atoms with E-state index < -0.39 is 0 Å². The van der Waals surface area contributed by atoms with Gasteiger partial charge in [-0.15, -0.1) is 0 Å². The normalized spacial score (nSPS) is 14.7. The molecule has 0 saturated carbocycles. The minimum absolute atomic E-state index is 0.0458. The fourth-order valence-electron chi connectivity index (χ4n) is 4.22. The molecule has 1 fully saturated rings. The van der Waals surface area contributed by atoms with E-state index in [0.717, 1.165) is 35.5 Å². The van der Waals surface area contributed by atoms with Gasteiger partial charge in [0.1, 0.15) is 0 Å². The summed E-state index contributed by atoms with van der Waals surface area (Å²) in [6, 6.07) is 20.0. The maximum atomic E-state index is 13.1. The Balaban J connectivity index is 1.66. The zero-order valence-corrected chi connectivity index (χ0v) is 17.5. The van der Waals surface area contributed by atoms with Crippen LogP contribution in [-0.2, 0) is 4.79 Å². The van der Waals surface area contributed by atoms with E-state index in [-0.39, 0.29) is 17.6 Å². The number of carbonyl (C=O) groups excluding carboxylic acids is 2. The third kappa shape index (κ3) is 4.18. The summed E-state index contributed by atoms with van der Waals surface area (Å²) in [5, 5.41) is 0. The predicted octanol–water partition coefficient (Wildman–Crippen LogP) is 5.23. The van der Waals surface area contributed by atoms with Crippen molar-refractivity contribution in [3.05, 3.63) is 94.8 Å². The second-order valence-corrected chi connectivity index (χ2v) is 7.96. The maximum Gasteiger partial charge on any atom is 0.227 e. The standard InChI is InChI=1S/C26H26N2O2/c1-18-6-3-4-7-23(18)24(17-25(29)21-13-14-27-19(2)16-21)20-9-11-22(12-10-20)28-15-5-8-26(28)30/h3-4,6-7,9-14,16,24H,5,8,15,17H2,1-2H3. The lowest BCUT2D eigenvalue weighted by Gasteiger charge is -2.21. The van der Waals surface area contributed by atoms with E-state index in [1.54, 1.807) is 12.3 Å². The first kappa shape index (κ1) is 20.0. The predicted molar refractivity (Wildman–Crippen MR) is 119 cm³/mol. The van der Waals surface area contributed by atoms with E-state index in [1.165, 1.54) is 5.56 Å². The number of benzene rings is 2. The first-order chi connectivity index (χ1) is 14.5. The Hall–Kier alpha value is -3.27. The quantitative estimate of drug-likeness (QED) is 0.534. The number of anilines is 1. The number of rotatable bonds is 6. The average Bonchev–Trinajstić information content (AvgIpc) is 3.18. The number of aryl methyl sites for hydroxylation is 2. The van der Waals surface area contributed by atoms with Crippen LogP contribution in [0.15, 0.2) is 66.9 Å². The SMILES string of the molecule is Cc1cc(C(=O)CC(c2ccc(N3CCCC3=O)cc2)c2ccccc2C)ccn1. The van der Waals surface area contributed by atoms with Gasteiger partial charge in [0, 0.05) is 48.4 Å². The van der Waals surface area contributed by atoms with Crippen molar-refractivity contribution in [2.75, 3.05) is 11.4 Å². The molecule has 2 aromatic carbocycles. The van der Waals surface area contributed by atoms with Crippen molar-refractivity contribution < 1.29 is 9.59 Å². The molecule has 4 rings (SSSR count). The van der Waals surface area contributed by atoms with Crippen LogP contribution >= 0.6 is 0 Å². The highest BCUT2D eigenvalue weighted by Crippen LogP contribution is 2.33. The monoisotopic (exact) mass is 398 g/mol. The van der Waals surface area contributed by atoms with Crippen LogP contribution in [0.1, 0.15) is 57.9 Å². The summed E-state index contributed by atoms with van der Waals surface area (Å²) in [4.78, 5) is 31.2. The number of hydrogen-bond donors (Lipinski definition) is 0. The Morgan fingerprint density at radius 3 is 2.50 bits per heavy atom. The molecule has 0 bridgehead atoms. The first-order valence-corrected chi connectivity index (χ1v) is 10.4. The molecule has 30 heavy (non-hydrogen) atoms. The van der Waals surface area contributed by atoms with Gasteiger partial charge < -0.3 is 4.90 Å². The fraction of sp³-hybridized carbons (Fsp3) is 0.269. The second kappa shape index (κ2) is 8.62. The minimum Gasteiger partial charge on any atom is -0.312 e. The highest BCUT2D eigenvalue weighted by molar-refractivity contribution is 5.97. The Morgan fingerprint density at radius 1 is 1.07 bits per heavy atom. The van der Waals surface area contributed by atoms with Crippen molar-refractivity contribution in [3.8, 4) is 0 Å². The lowest BCUT2D eigenvalue weighted by atomic mass is 9.83. The molecule has 1 saturated heterocycles. The molecule has 1 aliphatic heterocycles. The van der Waals surface area contributed by atoms with E-state index in [0.29, 0.717) is 18.4 Å². The highest BCUT2D eigenvalue weighted by atomic mass is 16.2. The van der Waals surface area contributed by atoms with Crippen LogP contribution in [0.3, 0.4) is 0 Å². The number of pyridine rings is 1. The van der Waals surface area contributed by atoms with Crippen molar-refractivity contribution in [3.63, 3.8) is 0 Å². The van der Waals surface area contributed by atoms with Crippen LogP contribution in [0.2, 0.25) is 0 Å². The first-order valence-electron chi connectivity index (χ1n) is 10.4. The van der Waals surface area contributed by atoms with Crippen LogP contribution in [0.5, 0.6) is 0 Å². The van der Waals surface area contributed by atoms with Gasteiger partial charge >= 0.3 is 0 Å². The van der Waals surface area contributed by atoms with E-state index in [9.17, 15) is 9.59 Å². The van der Waals surface area contributed by atoms with Crippen molar-refractivity contribution in [2.24, 2.45) is 0 Å². The van der Waals surface area contributed by atoms with Crippen LogP contribution < -0.4 is 4.90 Å². The molecule has 4 nitrogen and oxygen atoms in total. The Bertz CT molecular complexity index is 1070. The van der Waals surface area contributed by atoms with Gasteiger partial charge in [0.05, 0.1) is 0 Å². The third-order valence-electron chi connectivity index (χ3n) is 5.85. The highest BCUT2D eigenvalue weighted by Gasteiger charge is 2.24. The molecule has 1 atom stereocenters. The lowest BCUT2D eigenvalue weighted by Crippen LogP contribution is -2.23. The molecule has 1 aliphatic rings. The molecule has 0 N–H and O–H groups in total. The zero-order valence-electron chi connectivity index (χ0n) is 17.5. The van der Waals surface area contributed by atoms with Gasteiger partial charge in [-0.1, -0.05) is 36.4 Å². The van der Waals surface area contributed by atoms with Crippen molar-refractivity contribution in [1.82, 2.24) is 4.98 Å². The van der Waals surface area contributed by atoms with E-state index >= 15 is 0 Å². The van der Waals surface area contributed by atoms with Crippen LogP contribution in [0, 0.1) is 13.8 Å². The fourth-order valence-corrected chi connectivity index (χ4v) is 4.22. The molecule has 2 heterocycles. The van der Waals surface area contributed by atoms with Crippen molar-refractivity contribution >= 4 is 17.4 Å². The van der Waals surface area contributed by atoms with Crippen molar-refractivity contribution in [1.29, 1.82) is 0 Å². The molecule has 1 aromatic heterocycles. The molecule has 0 radical (unpaired) electrons. The minimum atomic E-state index is -0.0458. The Morgan fingerprint density at radius 2 is 1.83 bits per heavy atom. The number of Topliss-reactive ketones (excluding diaryl/α,β-unsaturated/α-hetero) is 1. The largest absolute Gasteiger partial charge is 0.312 e. The van der Waals surface area contributed by atoms with Gasteiger partial charge in [0.15, 0.2) is 5.78 Å². The van der Waals surface area contributed by atoms with Gasteiger partial charge in [0.25, 0.3) is 0 Å². The summed E-state index contributed by atoms with van der Waals surface area (Å²) in [6.45, 7) is 4.76. The molecule has 0 aliphatic carbocycles. The number of carbonyl (C=O) groups is 2. The van der Waals surface area contributed by atoms with Gasteiger partial charge in [-0.3, -0.25) is 14.6 Å². The maximum absolute atomic E-state index is 13.1. The molecule has 1 amide bonds. The second-order valence-electron chi connectivity index (χ2n) is 7.96. The number of amides is 1. The van der Waals surface area contributed by atoms with Crippen LogP contribution in [-0.4, -0.2) is 23.2 Å². The summed E-state index contributed by atoms with van der Waals surface area (Å²) >= 11 is 0. The topological polar surface area (TPSA) is 50.3 Å². The molecular weight excluding hydrogens is 372 g/mol. The number of ketones is 1. The zero-order chi connectivity index (χ0) is 21.1. The molecule has 0 spiro atoms. The summed E-state index contributed by atoms with van der Waals surface area (Å²) in [5.74, 6) is 0.240. The summed E-state index contributed by atoms with van der Waals surface area (Å²) in [6.07, 6.45) is 3.60. The summed E-state index contributed by atoms with van der Waals surface area (Å²) < 4.78 is 0. The number of aromatic nitrogens is 1. The van der Waals surface area contributed by atoms with Crippen LogP contribution in [0.25, 0.3) is 0 Å². The van der Waals surface area contributed by atoms with E-state index in [1.807, 2.05) is 42.2 Å². The van der Waals surface area contributed by atoms with Gasteiger partial charge in [0.2, 0.25) is 5.91 Å². The average molecular weight is 399 g/mol. The Kier molecular flexibility index (Phi) is 5.75. The molecule has 1 unspecified atom stereocenters. The summed E-state index contributed by atoms with van der Waals surface area (Å²) in [5.41, 5.74) is 5.87. The van der Waals surface area contributed by atoms with E-state index in [4.69, 9.17) is 0 Å². The smallest absolute Gasteiger partial charge is 0.227 e. The van der Waals surface area contributed by atoms with Gasteiger partial charge in [-0.05, 0) is 61.2 Å². The van der Waals surface area contributed by atoms with Gasteiger partial charge in [-0.2, -0.15) is 0 Å². The molecule has 3 aromatic rings. The molecular formula is C26H26N2O2. The van der Waals surface area contributed by atoms with Gasteiger partial charge in [-0.25, -0.2) is 0 Å². The molecule has 4 heteroatoms. The molecule has 152 valence electrons. The lowest BCUT2D eigenvalue weighted by molar-refractivity contribution is -0.117.